The predicted octanol–water partition coefficient (Wildman–Crippen LogP) is 3.81. The Hall–Kier alpha value is -2.03. The summed E-state index contributed by atoms with van der Waals surface area (Å²) >= 11 is 0. The monoisotopic (exact) mass is 485 g/mol. The molecule has 0 spiro atoms. The molecule has 27 heavy (non-hydrogen) atoms. The number of aryl methyl sites for hydroxylation is 2. The van der Waals surface area contributed by atoms with E-state index in [1.807, 2.05) is 19.1 Å². The highest BCUT2D eigenvalue weighted by Crippen LogP contribution is 2.15. The van der Waals surface area contributed by atoms with Crippen LogP contribution in [0.1, 0.15) is 46.9 Å². The van der Waals surface area contributed by atoms with E-state index in [0.29, 0.717) is 36.1 Å². The molecule has 0 saturated carbocycles. The minimum atomic E-state index is -0.394. The van der Waals surface area contributed by atoms with Crippen molar-refractivity contribution in [2.24, 2.45) is 4.99 Å². The van der Waals surface area contributed by atoms with Crippen LogP contribution in [0.3, 0.4) is 0 Å². The van der Waals surface area contributed by atoms with E-state index in [-0.39, 0.29) is 24.0 Å². The normalized spacial score (nSPS) is 10.9. The zero-order chi connectivity index (χ0) is 18.9. The summed E-state index contributed by atoms with van der Waals surface area (Å²) < 4.78 is 10.4. The number of nitrogens with one attached hydrogen (secondary N) is 2. The standard InChI is InChI=1S/C20H27N3O3.HI/c1-5-15-9-7-8-10-16(15)12-22-20(21-6-2)23-13-17-11-18(14(3)26-17)19(24)25-4;/h7-11H,5-6,12-13H2,1-4H3,(H2,21,22,23);1H. The molecule has 0 amide bonds. The third-order valence-electron chi connectivity index (χ3n) is 4.06. The molecule has 0 fully saturated rings. The summed E-state index contributed by atoms with van der Waals surface area (Å²) in [4.78, 5) is 16.3. The van der Waals surface area contributed by atoms with Crippen LogP contribution in [0, 0.1) is 6.92 Å². The van der Waals surface area contributed by atoms with E-state index in [1.54, 1.807) is 13.0 Å². The maximum atomic E-state index is 11.7. The van der Waals surface area contributed by atoms with Gasteiger partial charge in [-0.2, -0.15) is 0 Å². The highest BCUT2D eigenvalue weighted by molar-refractivity contribution is 14.0. The summed E-state index contributed by atoms with van der Waals surface area (Å²) in [5.74, 6) is 1.51. The van der Waals surface area contributed by atoms with E-state index in [4.69, 9.17) is 9.15 Å². The molecule has 0 aliphatic rings. The van der Waals surface area contributed by atoms with Crippen molar-refractivity contribution >= 4 is 35.9 Å². The number of carbonyl (C=O) groups is 1. The van der Waals surface area contributed by atoms with Crippen LogP contribution in [0.5, 0.6) is 0 Å². The van der Waals surface area contributed by atoms with Gasteiger partial charge in [-0.05, 0) is 37.5 Å². The smallest absolute Gasteiger partial charge is 0.341 e. The minimum absolute atomic E-state index is 0. The number of hydrogen-bond acceptors (Lipinski definition) is 4. The molecule has 2 N–H and O–H groups in total. The summed E-state index contributed by atoms with van der Waals surface area (Å²) in [6.45, 7) is 7.69. The maximum absolute atomic E-state index is 11.7. The van der Waals surface area contributed by atoms with Crippen molar-refractivity contribution in [1.82, 2.24) is 10.6 Å². The zero-order valence-electron chi connectivity index (χ0n) is 16.3. The third kappa shape index (κ3) is 6.57. The summed E-state index contributed by atoms with van der Waals surface area (Å²) in [5, 5.41) is 6.46. The highest BCUT2D eigenvalue weighted by Gasteiger charge is 2.15. The number of esters is 1. The van der Waals surface area contributed by atoms with Gasteiger partial charge in [-0.3, -0.25) is 0 Å². The number of benzene rings is 1. The van der Waals surface area contributed by atoms with Crippen molar-refractivity contribution in [3.63, 3.8) is 0 Å². The molecule has 0 saturated heterocycles. The first-order valence-electron chi connectivity index (χ1n) is 8.85. The van der Waals surface area contributed by atoms with E-state index in [0.717, 1.165) is 13.0 Å². The van der Waals surface area contributed by atoms with Crippen molar-refractivity contribution in [3.8, 4) is 0 Å². The average molecular weight is 485 g/mol. The second kappa shape index (κ2) is 11.6. The molecule has 0 aliphatic carbocycles. The van der Waals surface area contributed by atoms with E-state index in [1.165, 1.54) is 18.2 Å². The first-order chi connectivity index (χ1) is 12.6. The van der Waals surface area contributed by atoms with Crippen molar-refractivity contribution in [2.45, 2.75) is 40.3 Å². The van der Waals surface area contributed by atoms with Gasteiger partial charge in [0.25, 0.3) is 0 Å². The topological polar surface area (TPSA) is 75.9 Å². The Morgan fingerprint density at radius 3 is 2.52 bits per heavy atom. The number of guanidine groups is 1. The van der Waals surface area contributed by atoms with Gasteiger partial charge < -0.3 is 19.8 Å². The predicted molar refractivity (Wildman–Crippen MR) is 118 cm³/mol. The van der Waals surface area contributed by atoms with Crippen molar-refractivity contribution in [2.75, 3.05) is 13.7 Å². The quantitative estimate of drug-likeness (QED) is 0.270. The lowest BCUT2D eigenvalue weighted by Gasteiger charge is -2.11. The van der Waals surface area contributed by atoms with Crippen LogP contribution in [0.25, 0.3) is 0 Å². The Balaban J connectivity index is 0.00000364. The summed E-state index contributed by atoms with van der Waals surface area (Å²) in [6.07, 6.45) is 0.984. The molecule has 7 heteroatoms. The summed E-state index contributed by atoms with van der Waals surface area (Å²) in [6, 6.07) is 10.0. The lowest BCUT2D eigenvalue weighted by atomic mass is 10.1. The number of rotatable bonds is 7. The molecule has 0 aliphatic heterocycles. The van der Waals surface area contributed by atoms with E-state index < -0.39 is 5.97 Å². The number of methoxy groups -OCH3 is 1. The number of hydrogen-bond donors (Lipinski definition) is 2. The molecule has 1 heterocycles. The lowest BCUT2D eigenvalue weighted by Crippen LogP contribution is -2.36. The Bertz CT molecular complexity index is 772. The van der Waals surface area contributed by atoms with Crippen LogP contribution in [-0.4, -0.2) is 25.6 Å². The van der Waals surface area contributed by atoms with Gasteiger partial charge in [0.2, 0.25) is 0 Å². The first kappa shape index (κ1) is 23.0. The molecule has 2 aromatic rings. The molecule has 0 atom stereocenters. The largest absolute Gasteiger partial charge is 0.465 e. The molecule has 0 radical (unpaired) electrons. The average Bonchev–Trinajstić information content (AvgIpc) is 3.04. The Morgan fingerprint density at radius 1 is 1.19 bits per heavy atom. The fraction of sp³-hybridized carbons (Fsp3) is 0.400. The number of ether oxygens (including phenoxy) is 1. The molecule has 0 bridgehead atoms. The Kier molecular flexibility index (Phi) is 9.92. The maximum Gasteiger partial charge on any atom is 0.341 e. The number of halogens is 1. The number of furan rings is 1. The van der Waals surface area contributed by atoms with Gasteiger partial charge in [0.1, 0.15) is 17.1 Å². The van der Waals surface area contributed by atoms with Crippen LogP contribution >= 0.6 is 24.0 Å². The van der Waals surface area contributed by atoms with Crippen LogP contribution in [0.2, 0.25) is 0 Å². The lowest BCUT2D eigenvalue weighted by molar-refractivity contribution is 0.0599. The van der Waals surface area contributed by atoms with Gasteiger partial charge in [-0.25, -0.2) is 9.79 Å². The number of carbonyl (C=O) groups excluding carboxylic acids is 1. The van der Waals surface area contributed by atoms with Crippen molar-refractivity contribution in [3.05, 3.63) is 58.5 Å². The Labute approximate surface area is 177 Å². The second-order valence-corrected chi connectivity index (χ2v) is 5.85. The molecular weight excluding hydrogens is 457 g/mol. The van der Waals surface area contributed by atoms with Gasteiger partial charge in [0.05, 0.1) is 20.2 Å². The SMILES string of the molecule is CCNC(=NCc1ccccc1CC)NCc1cc(C(=O)OC)c(C)o1.I. The van der Waals surface area contributed by atoms with Gasteiger partial charge in [0.15, 0.2) is 5.96 Å². The van der Waals surface area contributed by atoms with Gasteiger partial charge in [-0.1, -0.05) is 31.2 Å². The van der Waals surface area contributed by atoms with Crippen molar-refractivity contribution < 1.29 is 13.9 Å². The number of aliphatic imine (C=N–C) groups is 1. The molecule has 2 rings (SSSR count). The van der Waals surface area contributed by atoms with Gasteiger partial charge in [0, 0.05) is 6.54 Å². The van der Waals surface area contributed by atoms with E-state index in [9.17, 15) is 4.79 Å². The minimum Gasteiger partial charge on any atom is -0.465 e. The summed E-state index contributed by atoms with van der Waals surface area (Å²) in [5.41, 5.74) is 2.97. The van der Waals surface area contributed by atoms with Crippen LogP contribution in [0.4, 0.5) is 0 Å². The van der Waals surface area contributed by atoms with Gasteiger partial charge in [-0.15, -0.1) is 24.0 Å². The molecule has 6 nitrogen and oxygen atoms in total. The fourth-order valence-corrected chi connectivity index (χ4v) is 2.68. The van der Waals surface area contributed by atoms with Crippen LogP contribution in [0.15, 0.2) is 39.7 Å². The Morgan fingerprint density at radius 2 is 1.89 bits per heavy atom. The molecule has 0 unspecified atom stereocenters. The van der Waals surface area contributed by atoms with Crippen LogP contribution in [-0.2, 0) is 24.2 Å². The molecular formula is C20H28IN3O3. The van der Waals surface area contributed by atoms with E-state index >= 15 is 0 Å². The molecule has 1 aromatic heterocycles. The third-order valence-corrected chi connectivity index (χ3v) is 4.06. The number of nitrogens with zero attached hydrogens (tertiary/aromatic N) is 1. The zero-order valence-corrected chi connectivity index (χ0v) is 18.6. The highest BCUT2D eigenvalue weighted by atomic mass is 127. The fourth-order valence-electron chi connectivity index (χ4n) is 2.68. The summed E-state index contributed by atoms with van der Waals surface area (Å²) in [7, 11) is 1.36. The van der Waals surface area contributed by atoms with Crippen LogP contribution < -0.4 is 10.6 Å². The first-order valence-corrected chi connectivity index (χ1v) is 8.85. The van der Waals surface area contributed by atoms with Crippen molar-refractivity contribution in [1.29, 1.82) is 0 Å². The van der Waals surface area contributed by atoms with Gasteiger partial charge >= 0.3 is 5.97 Å². The molecule has 1 aromatic carbocycles. The second-order valence-electron chi connectivity index (χ2n) is 5.85. The van der Waals surface area contributed by atoms with E-state index in [2.05, 4.69) is 34.7 Å². The molecule has 148 valence electrons.